The van der Waals surface area contributed by atoms with E-state index in [1.54, 1.807) is 6.92 Å². The molecule has 1 saturated heterocycles. The van der Waals surface area contributed by atoms with Crippen LogP contribution in [0.2, 0.25) is 0 Å². The maximum Gasteiger partial charge on any atom is 0.223 e. The lowest BCUT2D eigenvalue weighted by Gasteiger charge is -2.22. The summed E-state index contributed by atoms with van der Waals surface area (Å²) in [5.74, 6) is 3.95. The second-order valence-corrected chi connectivity index (χ2v) is 5.84. The molecule has 6 heteroatoms. The molecule has 2 fully saturated rings. The minimum absolute atomic E-state index is 0.565. The average Bonchev–Trinajstić information content (AvgIpc) is 3.05. The number of aromatic nitrogens is 2. The number of guanidine groups is 1. The fraction of sp³-hybridized carbons (Fsp3) is 0.786. The molecule has 1 aromatic rings. The second-order valence-electron chi connectivity index (χ2n) is 5.84. The standard InChI is InChI=1S/C14H23N5O/c1-10-17-13(18-20-10)7-16-14(15-2)19-8-11-5-3-4-6-12(11)9-19/h11-12H,3-9H2,1-2H3,(H,15,16). The molecule has 110 valence electrons. The maximum atomic E-state index is 4.98. The molecular formula is C14H23N5O. The Hall–Kier alpha value is -1.59. The highest BCUT2D eigenvalue weighted by molar-refractivity contribution is 5.80. The van der Waals surface area contributed by atoms with Gasteiger partial charge in [0.25, 0.3) is 0 Å². The van der Waals surface area contributed by atoms with E-state index in [0.29, 0.717) is 18.3 Å². The summed E-state index contributed by atoms with van der Waals surface area (Å²) >= 11 is 0. The van der Waals surface area contributed by atoms with E-state index in [0.717, 1.165) is 30.9 Å². The third-order valence-corrected chi connectivity index (χ3v) is 4.46. The van der Waals surface area contributed by atoms with Gasteiger partial charge in [-0.2, -0.15) is 4.98 Å². The molecule has 1 aliphatic carbocycles. The van der Waals surface area contributed by atoms with Gasteiger partial charge in [-0.25, -0.2) is 0 Å². The van der Waals surface area contributed by atoms with E-state index >= 15 is 0 Å². The molecule has 1 N–H and O–H groups in total. The molecule has 0 bridgehead atoms. The molecule has 1 aliphatic heterocycles. The monoisotopic (exact) mass is 277 g/mol. The molecule has 2 heterocycles. The quantitative estimate of drug-likeness (QED) is 0.656. The van der Waals surface area contributed by atoms with E-state index in [2.05, 4.69) is 25.3 Å². The van der Waals surface area contributed by atoms with Crippen LogP contribution in [-0.2, 0) is 6.54 Å². The lowest BCUT2D eigenvalue weighted by Crippen LogP contribution is -2.40. The molecule has 0 spiro atoms. The number of likely N-dealkylation sites (tertiary alicyclic amines) is 1. The Bertz CT molecular complexity index is 470. The molecule has 20 heavy (non-hydrogen) atoms. The Kier molecular flexibility index (Phi) is 3.89. The van der Waals surface area contributed by atoms with Gasteiger partial charge >= 0.3 is 0 Å². The largest absolute Gasteiger partial charge is 0.349 e. The summed E-state index contributed by atoms with van der Waals surface area (Å²) in [5, 5.41) is 7.24. The number of hydrogen-bond acceptors (Lipinski definition) is 4. The molecule has 2 aliphatic rings. The normalized spacial score (nSPS) is 26.7. The molecule has 6 nitrogen and oxygen atoms in total. The Morgan fingerprint density at radius 3 is 2.60 bits per heavy atom. The number of aliphatic imine (C=N–C) groups is 1. The van der Waals surface area contributed by atoms with Crippen LogP contribution in [0.15, 0.2) is 9.52 Å². The number of fused-ring (bicyclic) bond motifs is 1. The summed E-state index contributed by atoms with van der Waals surface area (Å²) in [6, 6.07) is 0. The van der Waals surface area contributed by atoms with Crippen molar-refractivity contribution < 1.29 is 4.52 Å². The topological polar surface area (TPSA) is 66.5 Å². The first-order chi connectivity index (χ1) is 9.76. The molecular weight excluding hydrogens is 254 g/mol. The number of nitrogens with zero attached hydrogens (tertiary/aromatic N) is 4. The van der Waals surface area contributed by atoms with Crippen molar-refractivity contribution in [1.29, 1.82) is 0 Å². The molecule has 1 saturated carbocycles. The van der Waals surface area contributed by atoms with Gasteiger partial charge in [0.15, 0.2) is 11.8 Å². The van der Waals surface area contributed by atoms with Gasteiger partial charge in [0.1, 0.15) is 0 Å². The third kappa shape index (κ3) is 2.78. The SMILES string of the molecule is CN=C(NCc1noc(C)n1)N1CC2CCCCC2C1. The van der Waals surface area contributed by atoms with Gasteiger partial charge in [0.2, 0.25) is 5.89 Å². The number of rotatable bonds is 2. The fourth-order valence-corrected chi connectivity index (χ4v) is 3.48. The van der Waals surface area contributed by atoms with E-state index < -0.39 is 0 Å². The van der Waals surface area contributed by atoms with Gasteiger partial charge in [-0.15, -0.1) is 0 Å². The molecule has 0 amide bonds. The van der Waals surface area contributed by atoms with Crippen molar-refractivity contribution >= 4 is 5.96 Å². The van der Waals surface area contributed by atoms with Crippen LogP contribution in [0.5, 0.6) is 0 Å². The second kappa shape index (κ2) is 5.81. The zero-order valence-corrected chi connectivity index (χ0v) is 12.3. The summed E-state index contributed by atoms with van der Waals surface area (Å²) < 4.78 is 4.98. The lowest BCUT2D eigenvalue weighted by atomic mass is 9.82. The maximum absolute atomic E-state index is 4.98. The van der Waals surface area contributed by atoms with E-state index in [4.69, 9.17) is 4.52 Å². The van der Waals surface area contributed by atoms with Crippen molar-refractivity contribution in [3.8, 4) is 0 Å². The van der Waals surface area contributed by atoms with Crippen LogP contribution < -0.4 is 5.32 Å². The highest BCUT2D eigenvalue weighted by Gasteiger charge is 2.35. The lowest BCUT2D eigenvalue weighted by molar-refractivity contribution is 0.299. The molecule has 0 radical (unpaired) electrons. The highest BCUT2D eigenvalue weighted by atomic mass is 16.5. The first-order valence-electron chi connectivity index (χ1n) is 7.51. The minimum atomic E-state index is 0.565. The van der Waals surface area contributed by atoms with Gasteiger partial charge in [-0.1, -0.05) is 18.0 Å². The van der Waals surface area contributed by atoms with Crippen molar-refractivity contribution in [1.82, 2.24) is 20.4 Å². The Morgan fingerprint density at radius 1 is 1.35 bits per heavy atom. The summed E-state index contributed by atoms with van der Waals surface area (Å²) in [6.07, 6.45) is 5.54. The van der Waals surface area contributed by atoms with Crippen molar-refractivity contribution in [3.63, 3.8) is 0 Å². The zero-order chi connectivity index (χ0) is 13.9. The Morgan fingerprint density at radius 2 is 2.05 bits per heavy atom. The van der Waals surface area contributed by atoms with E-state index in [-0.39, 0.29) is 0 Å². The van der Waals surface area contributed by atoms with Crippen molar-refractivity contribution in [2.45, 2.75) is 39.2 Å². The van der Waals surface area contributed by atoms with Crippen LogP contribution in [0, 0.1) is 18.8 Å². The van der Waals surface area contributed by atoms with Crippen molar-refractivity contribution in [3.05, 3.63) is 11.7 Å². The number of aryl methyl sites for hydroxylation is 1. The van der Waals surface area contributed by atoms with Gasteiger partial charge in [-0.3, -0.25) is 4.99 Å². The third-order valence-electron chi connectivity index (χ3n) is 4.46. The molecule has 2 atom stereocenters. The van der Waals surface area contributed by atoms with Gasteiger partial charge in [0.05, 0.1) is 6.54 Å². The summed E-state index contributed by atoms with van der Waals surface area (Å²) in [7, 11) is 1.84. The summed E-state index contributed by atoms with van der Waals surface area (Å²) in [4.78, 5) is 11.0. The molecule has 3 rings (SSSR count). The van der Waals surface area contributed by atoms with E-state index in [1.165, 1.54) is 25.7 Å². The van der Waals surface area contributed by atoms with Crippen LogP contribution in [0.1, 0.15) is 37.4 Å². The minimum Gasteiger partial charge on any atom is -0.349 e. The Balaban J connectivity index is 1.57. The van der Waals surface area contributed by atoms with E-state index in [1.807, 2.05) is 7.05 Å². The van der Waals surface area contributed by atoms with Gasteiger partial charge in [0, 0.05) is 27.1 Å². The highest BCUT2D eigenvalue weighted by Crippen LogP contribution is 2.35. The summed E-state index contributed by atoms with van der Waals surface area (Å²) in [6.45, 7) is 4.64. The number of hydrogen-bond donors (Lipinski definition) is 1. The molecule has 2 unspecified atom stereocenters. The zero-order valence-electron chi connectivity index (χ0n) is 12.3. The van der Waals surface area contributed by atoms with Crippen LogP contribution in [0.25, 0.3) is 0 Å². The summed E-state index contributed by atoms with van der Waals surface area (Å²) in [5.41, 5.74) is 0. The first kappa shape index (κ1) is 13.4. The predicted octanol–water partition coefficient (Wildman–Crippen LogP) is 1.58. The fourth-order valence-electron chi connectivity index (χ4n) is 3.48. The van der Waals surface area contributed by atoms with Crippen LogP contribution in [0.3, 0.4) is 0 Å². The van der Waals surface area contributed by atoms with E-state index in [9.17, 15) is 0 Å². The smallest absolute Gasteiger partial charge is 0.223 e. The Labute approximate surface area is 119 Å². The molecule has 1 aromatic heterocycles. The predicted molar refractivity (Wildman–Crippen MR) is 76.3 cm³/mol. The molecule has 0 aromatic carbocycles. The van der Waals surface area contributed by atoms with Crippen molar-refractivity contribution in [2.75, 3.05) is 20.1 Å². The average molecular weight is 277 g/mol. The van der Waals surface area contributed by atoms with Crippen molar-refractivity contribution in [2.24, 2.45) is 16.8 Å². The van der Waals surface area contributed by atoms with Crippen LogP contribution in [-0.4, -0.2) is 41.1 Å². The van der Waals surface area contributed by atoms with Gasteiger partial charge in [-0.05, 0) is 24.7 Å². The first-order valence-corrected chi connectivity index (χ1v) is 7.51. The number of nitrogens with one attached hydrogen (secondary N) is 1. The van der Waals surface area contributed by atoms with Crippen LogP contribution in [0.4, 0.5) is 0 Å². The van der Waals surface area contributed by atoms with Crippen LogP contribution >= 0.6 is 0 Å². The van der Waals surface area contributed by atoms with Gasteiger partial charge < -0.3 is 14.7 Å².